The van der Waals surface area contributed by atoms with E-state index in [1.807, 2.05) is 31.2 Å². The maximum Gasteiger partial charge on any atom is 0.255 e. The van der Waals surface area contributed by atoms with Gasteiger partial charge in [0.05, 0.1) is 11.3 Å². The first kappa shape index (κ1) is 23.4. The predicted molar refractivity (Wildman–Crippen MR) is 130 cm³/mol. The molecular formula is C27H24FN3O5. The van der Waals surface area contributed by atoms with Crippen molar-refractivity contribution < 1.29 is 28.5 Å². The summed E-state index contributed by atoms with van der Waals surface area (Å²) in [6.07, 6.45) is 0.641. The van der Waals surface area contributed by atoms with E-state index in [-0.39, 0.29) is 25.8 Å². The van der Waals surface area contributed by atoms with Crippen molar-refractivity contribution in [3.8, 4) is 34.2 Å². The van der Waals surface area contributed by atoms with Gasteiger partial charge in [-0.1, -0.05) is 29.8 Å². The van der Waals surface area contributed by atoms with Gasteiger partial charge in [0.1, 0.15) is 30.0 Å². The number of aliphatic hydroxyl groups excluding tert-OH is 1. The van der Waals surface area contributed by atoms with Gasteiger partial charge in [-0.05, 0) is 43.3 Å². The molecule has 36 heavy (non-hydrogen) atoms. The van der Waals surface area contributed by atoms with Crippen molar-refractivity contribution >= 4 is 5.91 Å². The Morgan fingerprint density at radius 1 is 1.11 bits per heavy atom. The number of aryl methyl sites for hydroxylation is 1. The fraction of sp³-hybridized carbons (Fsp3) is 0.185. The number of amides is 1. The minimum atomic E-state index is -0.950. The number of aromatic nitrogens is 2. The van der Waals surface area contributed by atoms with Crippen molar-refractivity contribution in [3.63, 3.8) is 0 Å². The summed E-state index contributed by atoms with van der Waals surface area (Å²) in [6, 6.07) is 18.6. The molecular weight excluding hydrogens is 465 g/mol. The van der Waals surface area contributed by atoms with Crippen LogP contribution in [0, 0.1) is 12.7 Å². The summed E-state index contributed by atoms with van der Waals surface area (Å²) >= 11 is 0. The highest BCUT2D eigenvalue weighted by Gasteiger charge is 2.20. The Kier molecular flexibility index (Phi) is 6.55. The number of fused-ring (bicyclic) bond motifs is 1. The van der Waals surface area contributed by atoms with Gasteiger partial charge >= 0.3 is 0 Å². The van der Waals surface area contributed by atoms with Gasteiger partial charge in [-0.15, -0.1) is 0 Å². The van der Waals surface area contributed by atoms with E-state index in [1.165, 1.54) is 16.8 Å². The zero-order valence-corrected chi connectivity index (χ0v) is 19.5. The molecule has 1 aromatic heterocycles. The molecule has 1 atom stereocenters. The third kappa shape index (κ3) is 5.16. The number of ether oxygens (including phenoxy) is 3. The third-order valence-corrected chi connectivity index (χ3v) is 5.66. The lowest BCUT2D eigenvalue weighted by Gasteiger charge is -2.13. The quantitative estimate of drug-likeness (QED) is 0.390. The monoisotopic (exact) mass is 489 g/mol. The lowest BCUT2D eigenvalue weighted by molar-refractivity contribution is 0.0844. The Bertz CT molecular complexity index is 1370. The number of hydrogen-bond acceptors (Lipinski definition) is 6. The van der Waals surface area contributed by atoms with E-state index in [1.54, 1.807) is 36.5 Å². The molecule has 0 bridgehead atoms. The molecule has 1 aliphatic heterocycles. The van der Waals surface area contributed by atoms with Crippen molar-refractivity contribution in [1.82, 2.24) is 15.1 Å². The van der Waals surface area contributed by atoms with Gasteiger partial charge in [0.25, 0.3) is 5.91 Å². The lowest BCUT2D eigenvalue weighted by Crippen LogP contribution is -2.35. The Morgan fingerprint density at radius 2 is 1.86 bits per heavy atom. The second-order valence-electron chi connectivity index (χ2n) is 8.37. The van der Waals surface area contributed by atoms with Crippen molar-refractivity contribution in [1.29, 1.82) is 0 Å². The van der Waals surface area contributed by atoms with Crippen molar-refractivity contribution in [2.45, 2.75) is 13.0 Å². The van der Waals surface area contributed by atoms with E-state index in [0.717, 1.165) is 11.1 Å². The minimum absolute atomic E-state index is 0.0282. The van der Waals surface area contributed by atoms with Gasteiger partial charge in [0.2, 0.25) is 6.79 Å². The standard InChI is InChI=1S/C27H24FN3O5/c1-17-2-4-18(5-3-17)26-23(14-31(30-26)20-8-6-19(28)7-9-20)27(33)29-13-21(32)15-34-22-10-11-24-25(12-22)36-16-35-24/h2-12,14,21,32H,13,15-16H2,1H3,(H,29,33). The molecule has 8 nitrogen and oxygen atoms in total. The molecule has 1 unspecified atom stereocenters. The zero-order chi connectivity index (χ0) is 25.1. The number of carbonyl (C=O) groups excluding carboxylic acids is 1. The fourth-order valence-corrected chi connectivity index (χ4v) is 3.71. The van der Waals surface area contributed by atoms with E-state index >= 15 is 0 Å². The SMILES string of the molecule is Cc1ccc(-c2nn(-c3ccc(F)cc3)cc2C(=O)NCC(O)COc2ccc3c(c2)OCO3)cc1. The summed E-state index contributed by atoms with van der Waals surface area (Å²) in [5.41, 5.74) is 3.25. The molecule has 1 aliphatic rings. The zero-order valence-electron chi connectivity index (χ0n) is 19.5. The highest BCUT2D eigenvalue weighted by molar-refractivity contribution is 6.00. The van der Waals surface area contributed by atoms with Gasteiger partial charge in [-0.2, -0.15) is 5.10 Å². The van der Waals surface area contributed by atoms with E-state index in [9.17, 15) is 14.3 Å². The molecule has 2 N–H and O–H groups in total. The van der Waals surface area contributed by atoms with Crippen LogP contribution in [0.15, 0.2) is 72.9 Å². The minimum Gasteiger partial charge on any atom is -0.491 e. The molecule has 2 heterocycles. The van der Waals surface area contributed by atoms with E-state index in [0.29, 0.717) is 34.2 Å². The molecule has 5 rings (SSSR count). The van der Waals surface area contributed by atoms with E-state index in [4.69, 9.17) is 14.2 Å². The molecule has 3 aromatic carbocycles. The molecule has 0 spiro atoms. The number of carbonyl (C=O) groups is 1. The fourth-order valence-electron chi connectivity index (χ4n) is 3.71. The second-order valence-corrected chi connectivity index (χ2v) is 8.37. The van der Waals surface area contributed by atoms with E-state index in [2.05, 4.69) is 10.4 Å². The van der Waals surface area contributed by atoms with Gasteiger partial charge in [0.15, 0.2) is 11.5 Å². The van der Waals surface area contributed by atoms with Crippen LogP contribution in [0.3, 0.4) is 0 Å². The second kappa shape index (κ2) is 10.1. The largest absolute Gasteiger partial charge is 0.491 e. The molecule has 0 aliphatic carbocycles. The summed E-state index contributed by atoms with van der Waals surface area (Å²) in [4.78, 5) is 13.1. The van der Waals surface area contributed by atoms with Crippen LogP contribution in [0.2, 0.25) is 0 Å². The summed E-state index contributed by atoms with van der Waals surface area (Å²) in [6.45, 7) is 2.08. The molecule has 0 saturated heterocycles. The van der Waals surface area contributed by atoms with Gasteiger partial charge in [-0.25, -0.2) is 9.07 Å². The number of nitrogens with one attached hydrogen (secondary N) is 1. The third-order valence-electron chi connectivity index (χ3n) is 5.66. The van der Waals surface area contributed by atoms with Crippen LogP contribution < -0.4 is 19.5 Å². The number of rotatable bonds is 8. The number of aliphatic hydroxyl groups is 1. The molecule has 9 heteroatoms. The molecule has 0 fully saturated rings. The Morgan fingerprint density at radius 3 is 2.64 bits per heavy atom. The van der Waals surface area contributed by atoms with Gasteiger partial charge in [0, 0.05) is 24.4 Å². The smallest absolute Gasteiger partial charge is 0.255 e. The molecule has 0 saturated carbocycles. The maximum absolute atomic E-state index is 13.4. The van der Waals surface area contributed by atoms with Crippen molar-refractivity contribution in [3.05, 3.63) is 89.9 Å². The summed E-state index contributed by atoms with van der Waals surface area (Å²) in [5, 5.41) is 17.7. The van der Waals surface area contributed by atoms with Crippen molar-refractivity contribution in [2.24, 2.45) is 0 Å². The van der Waals surface area contributed by atoms with Crippen LogP contribution in [0.25, 0.3) is 16.9 Å². The van der Waals surface area contributed by atoms with Crippen LogP contribution >= 0.6 is 0 Å². The van der Waals surface area contributed by atoms with Crippen LogP contribution in [0.4, 0.5) is 4.39 Å². The number of nitrogens with zero attached hydrogens (tertiary/aromatic N) is 2. The van der Waals surface area contributed by atoms with Crippen LogP contribution in [-0.4, -0.2) is 46.8 Å². The molecule has 1 amide bonds. The average Bonchev–Trinajstić information content (AvgIpc) is 3.54. The van der Waals surface area contributed by atoms with Gasteiger partial charge < -0.3 is 24.6 Å². The molecule has 0 radical (unpaired) electrons. The first-order valence-corrected chi connectivity index (χ1v) is 11.4. The Labute approximate surface area is 206 Å². The molecule has 4 aromatic rings. The maximum atomic E-state index is 13.4. The van der Waals surface area contributed by atoms with Crippen molar-refractivity contribution in [2.75, 3.05) is 19.9 Å². The number of hydrogen-bond donors (Lipinski definition) is 2. The summed E-state index contributed by atoms with van der Waals surface area (Å²) < 4.78 is 31.1. The topological polar surface area (TPSA) is 94.8 Å². The predicted octanol–water partition coefficient (Wildman–Crippen LogP) is 3.89. The van der Waals surface area contributed by atoms with Gasteiger partial charge in [-0.3, -0.25) is 4.79 Å². The molecule has 184 valence electrons. The summed E-state index contributed by atoms with van der Waals surface area (Å²) in [5.74, 6) is 0.977. The van der Waals surface area contributed by atoms with Crippen LogP contribution in [0.5, 0.6) is 17.2 Å². The van der Waals surface area contributed by atoms with E-state index < -0.39 is 12.0 Å². The number of benzene rings is 3. The Hall–Kier alpha value is -4.37. The van der Waals surface area contributed by atoms with Crippen LogP contribution in [0.1, 0.15) is 15.9 Å². The summed E-state index contributed by atoms with van der Waals surface area (Å²) in [7, 11) is 0. The highest BCUT2D eigenvalue weighted by Crippen LogP contribution is 2.35. The first-order valence-electron chi connectivity index (χ1n) is 11.4. The highest BCUT2D eigenvalue weighted by atomic mass is 19.1. The average molecular weight is 490 g/mol. The first-order chi connectivity index (χ1) is 17.5. The normalized spacial score (nSPS) is 12.9. The number of halogens is 1. The lowest BCUT2D eigenvalue weighted by atomic mass is 10.1. The van der Waals surface area contributed by atoms with Crippen LogP contribution in [-0.2, 0) is 0 Å². The Balaban J connectivity index is 1.28.